The topological polar surface area (TPSA) is 104 Å². The van der Waals surface area contributed by atoms with Crippen molar-refractivity contribution < 1.29 is 28.8 Å². The molecule has 0 rings (SSSR count). The first-order valence-corrected chi connectivity index (χ1v) is 6.54. The summed E-state index contributed by atoms with van der Waals surface area (Å²) in [6, 6.07) is 0. The first kappa shape index (κ1) is 16.7. The second-order valence-electron chi connectivity index (χ2n) is 2.37. The van der Waals surface area contributed by atoms with Crippen LogP contribution < -0.4 is 0 Å². The van der Waals surface area contributed by atoms with Gasteiger partial charge in [0.05, 0.1) is 0 Å². The third-order valence-corrected chi connectivity index (χ3v) is 2.11. The molecule has 0 aliphatic rings. The van der Waals surface area contributed by atoms with E-state index >= 15 is 0 Å². The van der Waals surface area contributed by atoms with Crippen LogP contribution >= 0.6 is 7.82 Å². The zero-order chi connectivity index (χ0) is 11.8. The SMILES string of the molecule is C=CC(=O)O[CH]([Na])CC.O=P(O)(O)O. The number of phosphoric acid groups is 1. The van der Waals surface area contributed by atoms with E-state index in [0.717, 1.165) is 34.4 Å². The van der Waals surface area contributed by atoms with Crippen molar-refractivity contribution in [3.05, 3.63) is 12.7 Å². The Morgan fingerprint density at radius 1 is 1.64 bits per heavy atom. The second-order valence-corrected chi connectivity index (χ2v) is 4.69. The maximum atomic E-state index is 10.5. The van der Waals surface area contributed by atoms with Crippen molar-refractivity contribution in [1.29, 1.82) is 0 Å². The zero-order valence-electron chi connectivity index (χ0n) is 8.08. The largest absolute Gasteiger partial charge is 0.466 e. The Bertz CT molecular complexity index is 216. The van der Waals surface area contributed by atoms with Crippen molar-refractivity contribution in [2.45, 2.75) is 16.7 Å². The Hall–Kier alpha value is 0.320. The van der Waals surface area contributed by atoms with Gasteiger partial charge in [0.1, 0.15) is 0 Å². The molecule has 0 aromatic heterocycles. The Labute approximate surface area is 99.6 Å². The molecular weight excluding hydrogens is 222 g/mol. The Kier molecular flexibility index (Phi) is 10.3. The third-order valence-electron chi connectivity index (χ3n) is 1.06. The van der Waals surface area contributed by atoms with Gasteiger partial charge in [0.15, 0.2) is 0 Å². The van der Waals surface area contributed by atoms with Crippen molar-refractivity contribution >= 4 is 41.7 Å². The van der Waals surface area contributed by atoms with Crippen molar-refractivity contribution in [2.24, 2.45) is 0 Å². The smallest absolute Gasteiger partial charge is 0.303 e. The molecule has 1 unspecified atom stereocenters. The first-order valence-electron chi connectivity index (χ1n) is 3.82. The number of rotatable bonds is 3. The second kappa shape index (κ2) is 8.61. The molecule has 14 heavy (non-hydrogen) atoms. The molecule has 0 fully saturated rings. The average molecular weight is 234 g/mol. The van der Waals surface area contributed by atoms with E-state index in [9.17, 15) is 4.79 Å². The summed E-state index contributed by atoms with van der Waals surface area (Å²) in [6.45, 7) is 5.28. The minimum atomic E-state index is -4.64. The zero-order valence-corrected chi connectivity index (χ0v) is 11.0. The van der Waals surface area contributed by atoms with Gasteiger partial charge in [-0.2, -0.15) is 0 Å². The maximum Gasteiger partial charge on any atom is 0.466 e. The predicted molar refractivity (Wildman–Crippen MR) is 50.4 cm³/mol. The van der Waals surface area contributed by atoms with Crippen LogP contribution in [0.2, 0.25) is 0 Å². The molecule has 0 saturated carbocycles. The number of esters is 1. The van der Waals surface area contributed by atoms with Gasteiger partial charge >= 0.3 is 80.6 Å². The molecule has 78 valence electrons. The van der Waals surface area contributed by atoms with Gasteiger partial charge in [0, 0.05) is 0 Å². The fourth-order valence-corrected chi connectivity index (χ4v) is 0.562. The number of hydrogen-bond donors (Lipinski definition) is 3. The summed E-state index contributed by atoms with van der Waals surface area (Å²) >= 11 is 0.901. The number of carbonyl (C=O) groups is 1. The summed E-state index contributed by atoms with van der Waals surface area (Å²) in [7, 11) is -4.64. The Morgan fingerprint density at radius 2 is 2.00 bits per heavy atom. The molecule has 0 aliphatic carbocycles. The molecule has 1 atom stereocenters. The summed E-state index contributed by atoms with van der Waals surface area (Å²) in [5.41, 5.74) is 0. The van der Waals surface area contributed by atoms with Crippen LogP contribution in [0.25, 0.3) is 0 Å². The molecule has 0 amide bonds. The minimum absolute atomic E-state index is 0.149. The quantitative estimate of drug-likeness (QED) is 0.268. The first-order chi connectivity index (χ1) is 6.20. The van der Waals surface area contributed by atoms with E-state index in [2.05, 4.69) is 6.58 Å². The fraction of sp³-hybridized carbons (Fsp3) is 0.500. The van der Waals surface area contributed by atoms with Crippen LogP contribution in [0, 0.1) is 0 Å². The molecule has 0 spiro atoms. The molecule has 0 aromatic rings. The minimum Gasteiger partial charge on any atom is -0.303 e. The summed E-state index contributed by atoms with van der Waals surface area (Å²) < 4.78 is 13.9. The molecule has 3 N–H and O–H groups in total. The summed E-state index contributed by atoms with van der Waals surface area (Å²) in [6.07, 6.45) is 2.10. The summed E-state index contributed by atoms with van der Waals surface area (Å²) in [5.74, 6) is -0.308. The molecule has 0 aliphatic heterocycles. The van der Waals surface area contributed by atoms with Crippen molar-refractivity contribution in [3.8, 4) is 0 Å². The molecule has 8 heteroatoms. The fourth-order valence-electron chi connectivity index (χ4n) is 0.330. The van der Waals surface area contributed by atoms with Crippen LogP contribution in [0.15, 0.2) is 12.7 Å². The maximum absolute atomic E-state index is 10.5. The number of hydrogen-bond acceptors (Lipinski definition) is 3. The predicted octanol–water partition coefficient (Wildman–Crippen LogP) is -0.308. The van der Waals surface area contributed by atoms with E-state index < -0.39 is 7.82 Å². The molecule has 6 nitrogen and oxygen atoms in total. The van der Waals surface area contributed by atoms with Crippen molar-refractivity contribution in [2.75, 3.05) is 0 Å². The summed E-state index contributed by atoms with van der Waals surface area (Å²) in [4.78, 5) is 32.0. The van der Waals surface area contributed by atoms with E-state index in [1.54, 1.807) is 0 Å². The van der Waals surface area contributed by atoms with Crippen LogP contribution in [-0.4, -0.2) is 51.9 Å². The van der Waals surface area contributed by atoms with Crippen LogP contribution in [0.1, 0.15) is 13.3 Å². The van der Waals surface area contributed by atoms with Gasteiger partial charge < -0.3 is 14.7 Å². The van der Waals surface area contributed by atoms with Gasteiger partial charge in [0.25, 0.3) is 0 Å². The van der Waals surface area contributed by atoms with E-state index in [1.165, 1.54) is 6.08 Å². The average Bonchev–Trinajstić information content (AvgIpc) is 2.01. The normalized spacial score (nSPS) is 12.1. The van der Waals surface area contributed by atoms with Crippen LogP contribution in [-0.2, 0) is 14.1 Å². The molecule has 0 aromatic carbocycles. The van der Waals surface area contributed by atoms with Crippen LogP contribution in [0.4, 0.5) is 0 Å². The number of ether oxygens (including phenoxy) is 1. The van der Waals surface area contributed by atoms with Gasteiger partial charge in [0.2, 0.25) is 0 Å². The van der Waals surface area contributed by atoms with Gasteiger partial charge in [-0.3, -0.25) is 0 Å². The van der Waals surface area contributed by atoms with Crippen LogP contribution in [0.5, 0.6) is 0 Å². The van der Waals surface area contributed by atoms with E-state index in [1.807, 2.05) is 6.92 Å². The molecule has 0 bridgehead atoms. The van der Waals surface area contributed by atoms with Crippen LogP contribution in [0.3, 0.4) is 0 Å². The van der Waals surface area contributed by atoms with Crippen molar-refractivity contribution in [3.63, 3.8) is 0 Å². The number of carbonyl (C=O) groups excluding carboxylic acids is 1. The molecule has 0 heterocycles. The van der Waals surface area contributed by atoms with Gasteiger partial charge in [-0.05, 0) is 0 Å². The van der Waals surface area contributed by atoms with E-state index in [4.69, 9.17) is 24.0 Å². The van der Waals surface area contributed by atoms with Gasteiger partial charge in [-0.25, -0.2) is 4.57 Å². The molecule has 0 radical (unpaired) electrons. The van der Waals surface area contributed by atoms with Crippen molar-refractivity contribution in [1.82, 2.24) is 0 Å². The summed E-state index contributed by atoms with van der Waals surface area (Å²) in [5, 5.41) is 0. The Morgan fingerprint density at radius 3 is 2.21 bits per heavy atom. The van der Waals surface area contributed by atoms with Gasteiger partial charge in [-0.1, -0.05) is 0 Å². The Balaban J connectivity index is 0. The van der Waals surface area contributed by atoms with Gasteiger partial charge in [-0.15, -0.1) is 0 Å². The van der Waals surface area contributed by atoms with E-state index in [0.29, 0.717) is 0 Å². The monoisotopic (exact) mass is 234 g/mol. The molecule has 0 saturated heterocycles. The standard InChI is InChI=1S/C6H9O2.Na.H3O4P/c1-3-5-8-6(7)4-2;;1-5(2,3)4/h4-5H,2-3H2,1H3;;(H3,1,2,3,4). The third kappa shape index (κ3) is 22.8. The molecular formula is C6H12NaO6P. The van der Waals surface area contributed by atoms with E-state index in [-0.39, 0.29) is 9.32 Å².